The first kappa shape index (κ1) is 18.3. The molecule has 2 aromatic rings. The first-order valence-electron chi connectivity index (χ1n) is 10.1. The van der Waals surface area contributed by atoms with Gasteiger partial charge in [0, 0.05) is 19.6 Å². The van der Waals surface area contributed by atoms with E-state index in [2.05, 4.69) is 40.5 Å². The fourth-order valence-corrected chi connectivity index (χ4v) is 4.34. The van der Waals surface area contributed by atoms with Crippen LogP contribution in [0.3, 0.4) is 0 Å². The van der Waals surface area contributed by atoms with Gasteiger partial charge in [0.1, 0.15) is 6.61 Å². The van der Waals surface area contributed by atoms with Crippen LogP contribution in [0.4, 0.5) is 0 Å². The third kappa shape index (κ3) is 4.45. The lowest BCUT2D eigenvalue weighted by Gasteiger charge is -2.23. The van der Waals surface area contributed by atoms with E-state index >= 15 is 0 Å². The minimum atomic E-state index is 0.515. The van der Waals surface area contributed by atoms with Crippen LogP contribution in [0.25, 0.3) is 0 Å². The second-order valence-corrected chi connectivity index (χ2v) is 7.88. The van der Waals surface area contributed by atoms with Gasteiger partial charge in [0.25, 0.3) is 0 Å². The molecular formula is C23H30N2O2. The Morgan fingerprint density at radius 1 is 1.00 bits per heavy atom. The summed E-state index contributed by atoms with van der Waals surface area (Å²) in [5.74, 6) is 1.67. The van der Waals surface area contributed by atoms with Gasteiger partial charge in [0.15, 0.2) is 11.5 Å². The van der Waals surface area contributed by atoms with Crippen LogP contribution in [0.15, 0.2) is 48.5 Å². The van der Waals surface area contributed by atoms with Crippen molar-refractivity contribution in [3.8, 4) is 11.5 Å². The quantitative estimate of drug-likeness (QED) is 0.807. The molecule has 1 N–H and O–H groups in total. The summed E-state index contributed by atoms with van der Waals surface area (Å²) in [5.41, 5.74) is 2.98. The number of benzene rings is 2. The molecule has 2 heterocycles. The molecule has 0 radical (unpaired) electrons. The van der Waals surface area contributed by atoms with Gasteiger partial charge < -0.3 is 14.8 Å². The Morgan fingerprint density at radius 2 is 1.89 bits per heavy atom. The van der Waals surface area contributed by atoms with Gasteiger partial charge >= 0.3 is 0 Å². The molecular weight excluding hydrogens is 336 g/mol. The van der Waals surface area contributed by atoms with Crippen LogP contribution in [0, 0.1) is 5.41 Å². The lowest BCUT2D eigenvalue weighted by molar-refractivity contribution is 0.262. The molecule has 2 aromatic carbocycles. The van der Waals surface area contributed by atoms with E-state index in [0.29, 0.717) is 18.6 Å². The molecule has 1 atom stereocenters. The first-order chi connectivity index (χ1) is 13.3. The Morgan fingerprint density at radius 3 is 2.67 bits per heavy atom. The van der Waals surface area contributed by atoms with Crippen LogP contribution in [0.2, 0.25) is 0 Å². The van der Waals surface area contributed by atoms with Crippen molar-refractivity contribution >= 4 is 0 Å². The van der Waals surface area contributed by atoms with Gasteiger partial charge in [0.2, 0.25) is 0 Å². The Bertz CT molecular complexity index is 741. The first-order valence-corrected chi connectivity index (χ1v) is 10.1. The molecule has 4 heteroatoms. The maximum absolute atomic E-state index is 6.03. The van der Waals surface area contributed by atoms with Gasteiger partial charge in [-0.1, -0.05) is 36.4 Å². The molecule has 4 nitrogen and oxygen atoms in total. The highest BCUT2D eigenvalue weighted by Crippen LogP contribution is 2.37. The number of likely N-dealkylation sites (tertiary alicyclic amines) is 1. The summed E-state index contributed by atoms with van der Waals surface area (Å²) in [5, 5.41) is 3.54. The maximum Gasteiger partial charge on any atom is 0.161 e. The van der Waals surface area contributed by atoms with Crippen molar-refractivity contribution in [1.29, 1.82) is 0 Å². The molecule has 144 valence electrons. The molecule has 0 saturated carbocycles. The van der Waals surface area contributed by atoms with E-state index < -0.39 is 0 Å². The van der Waals surface area contributed by atoms with Gasteiger partial charge in [0.05, 0.1) is 6.61 Å². The lowest BCUT2D eigenvalue weighted by atomic mass is 9.86. The number of hydrogen-bond acceptors (Lipinski definition) is 4. The molecule has 27 heavy (non-hydrogen) atoms. The molecule has 2 fully saturated rings. The molecule has 0 bridgehead atoms. The summed E-state index contributed by atoms with van der Waals surface area (Å²) < 4.78 is 11.9. The molecule has 2 aliphatic rings. The van der Waals surface area contributed by atoms with Crippen molar-refractivity contribution < 1.29 is 9.47 Å². The molecule has 0 amide bonds. The molecule has 0 aliphatic carbocycles. The van der Waals surface area contributed by atoms with Gasteiger partial charge in [-0.2, -0.15) is 0 Å². The van der Waals surface area contributed by atoms with Crippen molar-refractivity contribution in [1.82, 2.24) is 10.2 Å². The van der Waals surface area contributed by atoms with Crippen LogP contribution >= 0.6 is 0 Å². The molecule has 0 aromatic heterocycles. The molecule has 2 aliphatic heterocycles. The molecule has 1 unspecified atom stereocenters. The Balaban J connectivity index is 1.41. The summed E-state index contributed by atoms with van der Waals surface area (Å²) in [7, 11) is 0. The average molecular weight is 367 g/mol. The Kier molecular flexibility index (Phi) is 5.65. The highest BCUT2D eigenvalue weighted by atomic mass is 16.5. The smallest absolute Gasteiger partial charge is 0.161 e. The fourth-order valence-electron chi connectivity index (χ4n) is 4.34. The van der Waals surface area contributed by atoms with Gasteiger partial charge in [-0.15, -0.1) is 0 Å². The van der Waals surface area contributed by atoms with E-state index in [0.717, 1.165) is 23.6 Å². The SMILES string of the molecule is CCOc1cc(CN2CCC3(CCNC3)C2)ccc1OCc1ccccc1. The predicted molar refractivity (Wildman–Crippen MR) is 108 cm³/mol. The van der Waals surface area contributed by atoms with Crippen LogP contribution in [-0.4, -0.2) is 37.7 Å². The van der Waals surface area contributed by atoms with Crippen molar-refractivity contribution in [2.75, 3.05) is 32.8 Å². The third-order valence-corrected chi connectivity index (χ3v) is 5.80. The topological polar surface area (TPSA) is 33.7 Å². The van der Waals surface area contributed by atoms with Crippen molar-refractivity contribution in [2.45, 2.75) is 32.9 Å². The zero-order valence-electron chi connectivity index (χ0n) is 16.2. The third-order valence-electron chi connectivity index (χ3n) is 5.80. The van der Waals surface area contributed by atoms with Gasteiger partial charge in [-0.25, -0.2) is 0 Å². The molecule has 1 spiro atoms. The van der Waals surface area contributed by atoms with Crippen molar-refractivity contribution in [2.24, 2.45) is 5.41 Å². The second kappa shape index (κ2) is 8.32. The maximum atomic E-state index is 6.03. The average Bonchev–Trinajstić information content (AvgIpc) is 3.32. The minimum Gasteiger partial charge on any atom is -0.490 e. The number of nitrogens with one attached hydrogen (secondary N) is 1. The summed E-state index contributed by atoms with van der Waals surface area (Å²) in [4.78, 5) is 2.59. The summed E-state index contributed by atoms with van der Waals surface area (Å²) in [6, 6.07) is 16.6. The fraction of sp³-hybridized carbons (Fsp3) is 0.478. The van der Waals surface area contributed by atoms with Crippen molar-refractivity contribution in [3.63, 3.8) is 0 Å². The van der Waals surface area contributed by atoms with Crippen LogP contribution in [-0.2, 0) is 13.2 Å². The number of nitrogens with zero attached hydrogens (tertiary/aromatic N) is 1. The van der Waals surface area contributed by atoms with E-state index in [-0.39, 0.29) is 0 Å². The van der Waals surface area contributed by atoms with Crippen molar-refractivity contribution in [3.05, 3.63) is 59.7 Å². The summed E-state index contributed by atoms with van der Waals surface area (Å²) >= 11 is 0. The van der Waals surface area contributed by atoms with Crippen LogP contribution in [0.5, 0.6) is 11.5 Å². The van der Waals surface area contributed by atoms with E-state index in [1.165, 1.54) is 44.6 Å². The van der Waals surface area contributed by atoms with Crippen LogP contribution < -0.4 is 14.8 Å². The van der Waals surface area contributed by atoms with E-state index in [9.17, 15) is 0 Å². The Hall–Kier alpha value is -2.04. The minimum absolute atomic E-state index is 0.515. The molecule has 4 rings (SSSR count). The van der Waals surface area contributed by atoms with E-state index in [1.54, 1.807) is 0 Å². The van der Waals surface area contributed by atoms with Crippen LogP contribution in [0.1, 0.15) is 30.9 Å². The lowest BCUT2D eigenvalue weighted by Crippen LogP contribution is -2.28. The monoisotopic (exact) mass is 366 g/mol. The predicted octanol–water partition coefficient (Wildman–Crippen LogP) is 3.85. The number of rotatable bonds is 7. The zero-order chi connectivity index (χ0) is 18.5. The zero-order valence-corrected chi connectivity index (χ0v) is 16.2. The normalized spacial score (nSPS) is 22.4. The standard InChI is InChI=1S/C23H30N2O2/c1-2-26-22-14-20(15-25-13-11-23(18-25)10-12-24-17-23)8-9-21(22)27-16-19-6-4-3-5-7-19/h3-9,14,24H,2,10-13,15-18H2,1H3. The summed E-state index contributed by atoms with van der Waals surface area (Å²) in [6.07, 6.45) is 2.64. The molecule has 2 saturated heterocycles. The highest BCUT2D eigenvalue weighted by molar-refractivity contribution is 5.43. The van der Waals surface area contributed by atoms with Gasteiger partial charge in [-0.05, 0) is 61.5 Å². The number of ether oxygens (including phenoxy) is 2. The number of hydrogen-bond donors (Lipinski definition) is 1. The Labute approximate surface area is 162 Å². The van der Waals surface area contributed by atoms with E-state index in [4.69, 9.17) is 9.47 Å². The van der Waals surface area contributed by atoms with Gasteiger partial charge in [-0.3, -0.25) is 4.90 Å². The van der Waals surface area contributed by atoms with E-state index in [1.807, 2.05) is 25.1 Å². The second-order valence-electron chi connectivity index (χ2n) is 7.88. The summed E-state index contributed by atoms with van der Waals surface area (Å²) in [6.45, 7) is 8.96. The highest BCUT2D eigenvalue weighted by Gasteiger charge is 2.40. The largest absolute Gasteiger partial charge is 0.490 e.